The summed E-state index contributed by atoms with van der Waals surface area (Å²) in [5.74, 6) is 0.687. The van der Waals surface area contributed by atoms with Gasteiger partial charge in [-0.1, -0.05) is 12.1 Å². The van der Waals surface area contributed by atoms with Gasteiger partial charge in [-0.25, -0.2) is 0 Å². The summed E-state index contributed by atoms with van der Waals surface area (Å²) in [4.78, 5) is 14.0. The fourth-order valence-corrected chi connectivity index (χ4v) is 2.54. The van der Waals surface area contributed by atoms with E-state index >= 15 is 0 Å². The van der Waals surface area contributed by atoms with E-state index in [0.717, 1.165) is 42.6 Å². The fourth-order valence-electron chi connectivity index (χ4n) is 2.54. The summed E-state index contributed by atoms with van der Waals surface area (Å²) in [6.45, 7) is 5.60. The van der Waals surface area contributed by atoms with Crippen molar-refractivity contribution in [1.29, 1.82) is 0 Å². The summed E-state index contributed by atoms with van der Waals surface area (Å²) in [7, 11) is 0. The van der Waals surface area contributed by atoms with Crippen molar-refractivity contribution in [3.8, 4) is 5.75 Å². The lowest BCUT2D eigenvalue weighted by Crippen LogP contribution is -2.38. The van der Waals surface area contributed by atoms with E-state index in [1.54, 1.807) is 0 Å². The van der Waals surface area contributed by atoms with Crippen LogP contribution in [0.2, 0.25) is 0 Å². The number of benzene rings is 1. The van der Waals surface area contributed by atoms with Gasteiger partial charge in [0.25, 0.3) is 5.91 Å². The summed E-state index contributed by atoms with van der Waals surface area (Å²) in [5, 5.41) is 9.37. The number of amides is 1. The molecule has 1 fully saturated rings. The number of hydrogen-bond donors (Lipinski definition) is 1. The summed E-state index contributed by atoms with van der Waals surface area (Å²) in [5.41, 5.74) is 2.82. The number of carbonyl (C=O) groups is 1. The molecule has 0 radical (unpaired) electrons. The molecule has 4 nitrogen and oxygen atoms in total. The minimum absolute atomic E-state index is 0.0366. The summed E-state index contributed by atoms with van der Waals surface area (Å²) in [6, 6.07) is 3.81. The lowest BCUT2D eigenvalue weighted by atomic mass is 10.0. The van der Waals surface area contributed by atoms with Crippen LogP contribution in [0.1, 0.15) is 36.0 Å². The maximum absolute atomic E-state index is 12.1. The van der Waals surface area contributed by atoms with Crippen molar-refractivity contribution >= 4 is 5.91 Å². The molecule has 4 heteroatoms. The number of aliphatic hydroxyl groups is 1. The van der Waals surface area contributed by atoms with E-state index in [0.29, 0.717) is 5.75 Å². The Kier molecular flexibility index (Phi) is 5.01. The van der Waals surface area contributed by atoms with Crippen LogP contribution in [0, 0.1) is 13.8 Å². The maximum Gasteiger partial charge on any atom is 0.260 e. The number of piperidine rings is 1. The average molecular weight is 277 g/mol. The zero-order valence-electron chi connectivity index (χ0n) is 12.3. The van der Waals surface area contributed by atoms with E-state index in [4.69, 9.17) is 4.74 Å². The van der Waals surface area contributed by atoms with E-state index in [2.05, 4.69) is 0 Å². The van der Waals surface area contributed by atoms with Gasteiger partial charge in [0.2, 0.25) is 0 Å². The molecule has 0 saturated carbocycles. The Morgan fingerprint density at radius 2 is 1.95 bits per heavy atom. The van der Waals surface area contributed by atoms with Gasteiger partial charge in [0.1, 0.15) is 5.75 Å². The predicted molar refractivity (Wildman–Crippen MR) is 77.8 cm³/mol. The van der Waals surface area contributed by atoms with Gasteiger partial charge in [-0.2, -0.15) is 0 Å². The number of likely N-dealkylation sites (tertiary alicyclic amines) is 1. The number of hydrogen-bond acceptors (Lipinski definition) is 3. The first kappa shape index (κ1) is 14.9. The smallest absolute Gasteiger partial charge is 0.260 e. The molecule has 1 amide bonds. The van der Waals surface area contributed by atoms with Gasteiger partial charge in [0.05, 0.1) is 6.61 Å². The molecule has 1 aromatic carbocycles. The molecule has 110 valence electrons. The van der Waals surface area contributed by atoms with Crippen molar-refractivity contribution in [3.05, 3.63) is 28.8 Å². The molecule has 1 aliphatic rings. The molecule has 1 N–H and O–H groups in total. The second kappa shape index (κ2) is 6.75. The number of ether oxygens (including phenoxy) is 1. The van der Waals surface area contributed by atoms with Gasteiger partial charge >= 0.3 is 0 Å². The molecule has 0 aliphatic carbocycles. The molecular weight excluding hydrogens is 254 g/mol. The van der Waals surface area contributed by atoms with E-state index in [-0.39, 0.29) is 19.1 Å². The zero-order chi connectivity index (χ0) is 14.5. The van der Waals surface area contributed by atoms with Crippen LogP contribution in [0.15, 0.2) is 12.1 Å². The van der Waals surface area contributed by atoms with Gasteiger partial charge in [-0.05, 0) is 44.2 Å². The molecule has 1 aliphatic heterocycles. The summed E-state index contributed by atoms with van der Waals surface area (Å²) in [6.07, 6.45) is 3.37. The van der Waals surface area contributed by atoms with Crippen LogP contribution in [0.25, 0.3) is 0 Å². The number of nitrogens with zero attached hydrogens (tertiary/aromatic N) is 1. The fraction of sp³-hybridized carbons (Fsp3) is 0.562. The summed E-state index contributed by atoms with van der Waals surface area (Å²) >= 11 is 0. The molecule has 2 rings (SSSR count). The Bertz CT molecular complexity index is 479. The first-order valence-electron chi connectivity index (χ1n) is 7.24. The molecule has 0 unspecified atom stereocenters. The van der Waals surface area contributed by atoms with Crippen LogP contribution in [0.4, 0.5) is 0 Å². The highest BCUT2D eigenvalue weighted by atomic mass is 16.5. The molecule has 0 bridgehead atoms. The molecule has 1 aromatic rings. The largest absolute Gasteiger partial charge is 0.483 e. The number of aryl methyl sites for hydroxylation is 1. The second-order valence-electron chi connectivity index (χ2n) is 5.38. The van der Waals surface area contributed by atoms with Crippen LogP contribution < -0.4 is 4.74 Å². The third-order valence-corrected chi connectivity index (χ3v) is 3.98. The van der Waals surface area contributed by atoms with Crippen LogP contribution in [-0.4, -0.2) is 35.6 Å². The van der Waals surface area contributed by atoms with Crippen LogP contribution in [0.3, 0.4) is 0 Å². The summed E-state index contributed by atoms with van der Waals surface area (Å²) < 4.78 is 5.70. The van der Waals surface area contributed by atoms with Crippen molar-refractivity contribution in [2.45, 2.75) is 39.7 Å². The second-order valence-corrected chi connectivity index (χ2v) is 5.38. The highest BCUT2D eigenvalue weighted by Crippen LogP contribution is 2.26. The van der Waals surface area contributed by atoms with Gasteiger partial charge in [0, 0.05) is 18.7 Å². The lowest BCUT2D eigenvalue weighted by molar-refractivity contribution is -0.134. The highest BCUT2D eigenvalue weighted by molar-refractivity contribution is 5.78. The minimum Gasteiger partial charge on any atom is -0.483 e. The molecule has 0 spiro atoms. The molecular formula is C16H23NO3. The van der Waals surface area contributed by atoms with Crippen molar-refractivity contribution in [2.75, 3.05) is 19.7 Å². The van der Waals surface area contributed by atoms with E-state index in [1.165, 1.54) is 6.42 Å². The molecule has 0 atom stereocenters. The topological polar surface area (TPSA) is 49.8 Å². The average Bonchev–Trinajstić information content (AvgIpc) is 2.49. The first-order chi connectivity index (χ1) is 9.63. The van der Waals surface area contributed by atoms with Crippen LogP contribution in [-0.2, 0) is 11.4 Å². The number of rotatable bonds is 4. The van der Waals surface area contributed by atoms with Crippen molar-refractivity contribution in [2.24, 2.45) is 0 Å². The SMILES string of the molecule is Cc1ccc(CO)c(OCC(=O)N2CCCCC2)c1C. The van der Waals surface area contributed by atoms with E-state index in [1.807, 2.05) is 30.9 Å². The number of carbonyl (C=O) groups excluding carboxylic acids is 1. The molecule has 1 heterocycles. The monoisotopic (exact) mass is 277 g/mol. The van der Waals surface area contributed by atoms with Crippen LogP contribution >= 0.6 is 0 Å². The van der Waals surface area contributed by atoms with Crippen molar-refractivity contribution in [3.63, 3.8) is 0 Å². The van der Waals surface area contributed by atoms with Crippen molar-refractivity contribution in [1.82, 2.24) is 4.90 Å². The Hall–Kier alpha value is -1.55. The zero-order valence-corrected chi connectivity index (χ0v) is 12.3. The Morgan fingerprint density at radius 3 is 2.60 bits per heavy atom. The van der Waals surface area contributed by atoms with Gasteiger partial charge < -0.3 is 14.7 Å². The minimum atomic E-state index is -0.0750. The van der Waals surface area contributed by atoms with E-state index in [9.17, 15) is 9.90 Å². The van der Waals surface area contributed by atoms with E-state index < -0.39 is 0 Å². The standard InChI is InChI=1S/C16H23NO3/c1-12-6-7-14(10-18)16(13(12)2)20-11-15(19)17-8-4-3-5-9-17/h6-7,18H,3-5,8-11H2,1-2H3. The quantitative estimate of drug-likeness (QED) is 0.917. The normalized spacial score (nSPS) is 15.2. The predicted octanol–water partition coefficient (Wildman–Crippen LogP) is 2.19. The van der Waals surface area contributed by atoms with Crippen molar-refractivity contribution < 1.29 is 14.6 Å². The Balaban J connectivity index is 2.03. The highest BCUT2D eigenvalue weighted by Gasteiger charge is 2.18. The van der Waals surface area contributed by atoms with Crippen LogP contribution in [0.5, 0.6) is 5.75 Å². The molecule has 20 heavy (non-hydrogen) atoms. The van der Waals surface area contributed by atoms with Gasteiger partial charge in [0.15, 0.2) is 6.61 Å². The third kappa shape index (κ3) is 3.31. The molecule has 0 aromatic heterocycles. The molecule has 1 saturated heterocycles. The van der Waals surface area contributed by atoms with Gasteiger partial charge in [-0.15, -0.1) is 0 Å². The van der Waals surface area contributed by atoms with Gasteiger partial charge in [-0.3, -0.25) is 4.79 Å². The Morgan fingerprint density at radius 1 is 1.25 bits per heavy atom. The number of aliphatic hydroxyl groups excluding tert-OH is 1. The first-order valence-corrected chi connectivity index (χ1v) is 7.24. The Labute approximate surface area is 120 Å². The third-order valence-electron chi connectivity index (χ3n) is 3.98. The lowest BCUT2D eigenvalue weighted by Gasteiger charge is -2.27. The maximum atomic E-state index is 12.1.